The number of nitro benzene ring substituents is 1. The largest absolute Gasteiger partial charge is 0.456 e. The lowest BCUT2D eigenvalue weighted by atomic mass is 10.1. The van der Waals surface area contributed by atoms with Crippen LogP contribution in [-0.2, 0) is 0 Å². The molecule has 11 nitrogen and oxygen atoms in total. The molecule has 0 fully saturated rings. The molecule has 2 aromatic carbocycles. The Bertz CT molecular complexity index is 1360. The number of nitrogens with zero attached hydrogens (tertiary/aromatic N) is 3. The van der Waals surface area contributed by atoms with Crippen molar-refractivity contribution in [2.75, 3.05) is 5.32 Å². The van der Waals surface area contributed by atoms with Gasteiger partial charge in [0.1, 0.15) is 11.3 Å². The van der Waals surface area contributed by atoms with Gasteiger partial charge in [-0.2, -0.15) is 0 Å². The molecule has 0 aliphatic rings. The van der Waals surface area contributed by atoms with Crippen molar-refractivity contribution in [2.24, 2.45) is 0 Å². The van der Waals surface area contributed by atoms with Gasteiger partial charge in [0, 0.05) is 22.9 Å². The normalized spacial score (nSPS) is 11.1. The van der Waals surface area contributed by atoms with Crippen LogP contribution in [0.1, 0.15) is 36.0 Å². The molecule has 0 saturated heterocycles. The van der Waals surface area contributed by atoms with E-state index in [1.807, 2.05) is 18.2 Å². The fraction of sp³-hybridized carbons (Fsp3) is 0.143. The maximum atomic E-state index is 12.8. The van der Waals surface area contributed by atoms with Crippen LogP contribution in [0.25, 0.3) is 22.3 Å². The molecule has 0 unspecified atom stereocenters. The van der Waals surface area contributed by atoms with Crippen molar-refractivity contribution >= 4 is 33.9 Å². The molecule has 0 aliphatic carbocycles. The number of anilines is 1. The standard InChI is InChI=1S/C21H16N4O7/c1-11(2)20-19(25(29)30)18(23-32-20)21(26)22-15-8-13(24(27)28)9-17-14(15)10-16(31-17)12-6-4-3-5-7-12/h3-11H,1-2H3,(H,22,26). The highest BCUT2D eigenvalue weighted by Crippen LogP contribution is 2.36. The van der Waals surface area contributed by atoms with Crippen LogP contribution in [0.5, 0.6) is 0 Å². The van der Waals surface area contributed by atoms with E-state index in [2.05, 4.69) is 10.5 Å². The van der Waals surface area contributed by atoms with Crippen molar-refractivity contribution in [1.29, 1.82) is 0 Å². The zero-order valence-corrected chi connectivity index (χ0v) is 16.9. The van der Waals surface area contributed by atoms with Crippen LogP contribution in [0.15, 0.2) is 57.5 Å². The number of fused-ring (bicyclic) bond motifs is 1. The van der Waals surface area contributed by atoms with E-state index in [-0.39, 0.29) is 28.6 Å². The average Bonchev–Trinajstić information content (AvgIpc) is 3.39. The fourth-order valence-corrected chi connectivity index (χ4v) is 3.26. The van der Waals surface area contributed by atoms with E-state index in [9.17, 15) is 25.0 Å². The number of carbonyl (C=O) groups is 1. The van der Waals surface area contributed by atoms with E-state index in [0.29, 0.717) is 11.1 Å². The minimum absolute atomic E-state index is 0.0426. The Balaban J connectivity index is 1.80. The lowest BCUT2D eigenvalue weighted by Gasteiger charge is -2.04. The van der Waals surface area contributed by atoms with Gasteiger partial charge in [-0.15, -0.1) is 0 Å². The van der Waals surface area contributed by atoms with Gasteiger partial charge in [0.05, 0.1) is 21.6 Å². The topological polar surface area (TPSA) is 155 Å². The average molecular weight is 436 g/mol. The van der Waals surface area contributed by atoms with E-state index in [1.165, 1.54) is 6.07 Å². The highest BCUT2D eigenvalue weighted by atomic mass is 16.6. The summed E-state index contributed by atoms with van der Waals surface area (Å²) >= 11 is 0. The van der Waals surface area contributed by atoms with Crippen LogP contribution in [0.2, 0.25) is 0 Å². The molecule has 162 valence electrons. The number of rotatable bonds is 6. The zero-order valence-electron chi connectivity index (χ0n) is 16.9. The summed E-state index contributed by atoms with van der Waals surface area (Å²) in [4.78, 5) is 34.4. The number of amides is 1. The third-order valence-electron chi connectivity index (χ3n) is 4.75. The van der Waals surface area contributed by atoms with E-state index in [4.69, 9.17) is 8.94 Å². The smallest absolute Gasteiger partial charge is 0.344 e. The summed E-state index contributed by atoms with van der Waals surface area (Å²) in [6, 6.07) is 13.1. The highest BCUT2D eigenvalue weighted by Gasteiger charge is 2.33. The van der Waals surface area contributed by atoms with Crippen LogP contribution in [0.3, 0.4) is 0 Å². The summed E-state index contributed by atoms with van der Waals surface area (Å²) in [5, 5.41) is 29.3. The Morgan fingerprint density at radius 3 is 2.41 bits per heavy atom. The van der Waals surface area contributed by atoms with Crippen molar-refractivity contribution in [3.8, 4) is 11.3 Å². The van der Waals surface area contributed by atoms with Crippen molar-refractivity contribution < 1.29 is 23.6 Å². The monoisotopic (exact) mass is 436 g/mol. The summed E-state index contributed by atoms with van der Waals surface area (Å²) in [7, 11) is 0. The molecule has 1 N–H and O–H groups in total. The molecule has 4 aromatic rings. The molecule has 0 saturated carbocycles. The predicted molar refractivity (Wildman–Crippen MR) is 114 cm³/mol. The molecule has 0 bridgehead atoms. The number of hydrogen-bond acceptors (Lipinski definition) is 8. The van der Waals surface area contributed by atoms with Gasteiger partial charge < -0.3 is 14.3 Å². The molecule has 0 spiro atoms. The second-order valence-electron chi connectivity index (χ2n) is 7.25. The first kappa shape index (κ1) is 20.7. The first-order chi connectivity index (χ1) is 15.3. The molecular formula is C21H16N4O7. The predicted octanol–water partition coefficient (Wildman–Crippen LogP) is 5.28. The van der Waals surface area contributed by atoms with Gasteiger partial charge in [-0.25, -0.2) is 0 Å². The number of furan rings is 1. The van der Waals surface area contributed by atoms with Crippen LogP contribution in [-0.4, -0.2) is 20.9 Å². The van der Waals surface area contributed by atoms with Gasteiger partial charge >= 0.3 is 5.69 Å². The number of aromatic nitrogens is 1. The van der Waals surface area contributed by atoms with Crippen LogP contribution >= 0.6 is 0 Å². The van der Waals surface area contributed by atoms with Gasteiger partial charge in [0.15, 0.2) is 0 Å². The summed E-state index contributed by atoms with van der Waals surface area (Å²) in [5.74, 6) is -0.919. The maximum absolute atomic E-state index is 12.8. The number of carbonyl (C=O) groups excluding carboxylic acids is 1. The lowest BCUT2D eigenvalue weighted by molar-refractivity contribution is -0.386. The molecule has 4 rings (SSSR count). The van der Waals surface area contributed by atoms with Crippen molar-refractivity contribution in [3.63, 3.8) is 0 Å². The van der Waals surface area contributed by atoms with Crippen molar-refractivity contribution in [2.45, 2.75) is 19.8 Å². The zero-order chi connectivity index (χ0) is 23.0. The number of hydrogen-bond donors (Lipinski definition) is 1. The third kappa shape index (κ3) is 3.67. The van der Waals surface area contributed by atoms with E-state index >= 15 is 0 Å². The van der Waals surface area contributed by atoms with Crippen LogP contribution in [0, 0.1) is 20.2 Å². The highest BCUT2D eigenvalue weighted by molar-refractivity contribution is 6.10. The first-order valence-corrected chi connectivity index (χ1v) is 9.49. The Kier molecular flexibility index (Phi) is 5.15. The van der Waals surface area contributed by atoms with Crippen LogP contribution < -0.4 is 5.32 Å². The number of nitrogens with one attached hydrogen (secondary N) is 1. The lowest BCUT2D eigenvalue weighted by Crippen LogP contribution is -2.14. The second kappa shape index (κ2) is 7.95. The van der Waals surface area contributed by atoms with Crippen LogP contribution in [0.4, 0.5) is 17.1 Å². The van der Waals surface area contributed by atoms with Crippen molar-refractivity contribution in [1.82, 2.24) is 5.16 Å². The van der Waals surface area contributed by atoms with Crippen molar-refractivity contribution in [3.05, 3.63) is 80.2 Å². The SMILES string of the molecule is CC(C)c1onc(C(=O)Nc2cc([N+](=O)[O-])cc3oc(-c4ccccc4)cc23)c1[N+](=O)[O-]. The summed E-state index contributed by atoms with van der Waals surface area (Å²) in [6.07, 6.45) is 0. The Morgan fingerprint density at radius 2 is 1.78 bits per heavy atom. The third-order valence-corrected chi connectivity index (χ3v) is 4.75. The molecule has 0 radical (unpaired) electrons. The Hall–Kier alpha value is -4.54. The van der Waals surface area contributed by atoms with Gasteiger partial charge in [0.2, 0.25) is 11.5 Å². The molecule has 11 heteroatoms. The Morgan fingerprint density at radius 1 is 1.06 bits per heavy atom. The number of benzene rings is 2. The Labute approximate surface area is 179 Å². The molecule has 1 amide bonds. The van der Waals surface area contributed by atoms with E-state index in [0.717, 1.165) is 11.6 Å². The fourth-order valence-electron chi connectivity index (χ4n) is 3.26. The molecule has 0 atom stereocenters. The molecule has 2 heterocycles. The minimum Gasteiger partial charge on any atom is -0.456 e. The molecule has 0 aliphatic heterocycles. The summed E-state index contributed by atoms with van der Waals surface area (Å²) in [6.45, 7) is 3.33. The summed E-state index contributed by atoms with van der Waals surface area (Å²) in [5.41, 5.74) is -0.433. The van der Waals surface area contributed by atoms with E-state index < -0.39 is 27.1 Å². The molecule has 2 aromatic heterocycles. The first-order valence-electron chi connectivity index (χ1n) is 9.49. The van der Waals surface area contributed by atoms with Gasteiger partial charge in [-0.1, -0.05) is 49.3 Å². The molecular weight excluding hydrogens is 420 g/mol. The van der Waals surface area contributed by atoms with Gasteiger partial charge in [0.25, 0.3) is 11.6 Å². The maximum Gasteiger partial charge on any atom is 0.344 e. The number of nitro groups is 2. The minimum atomic E-state index is -0.934. The molecule has 32 heavy (non-hydrogen) atoms. The van der Waals surface area contributed by atoms with E-state index in [1.54, 1.807) is 32.0 Å². The van der Waals surface area contributed by atoms with Gasteiger partial charge in [-0.05, 0) is 6.07 Å². The summed E-state index contributed by atoms with van der Waals surface area (Å²) < 4.78 is 10.8. The van der Waals surface area contributed by atoms with Gasteiger partial charge in [-0.3, -0.25) is 25.0 Å². The quantitative estimate of drug-likeness (QED) is 0.316. The number of non-ortho nitro benzene ring substituents is 1. The second-order valence-corrected chi connectivity index (χ2v) is 7.25.